The number of aromatic nitrogens is 1. The van der Waals surface area contributed by atoms with Crippen LogP contribution in [0, 0.1) is 0 Å². The van der Waals surface area contributed by atoms with Gasteiger partial charge in [-0.25, -0.2) is 0 Å². The van der Waals surface area contributed by atoms with E-state index in [9.17, 15) is 0 Å². The molecule has 0 aliphatic carbocycles. The van der Waals surface area contributed by atoms with Crippen molar-refractivity contribution in [3.63, 3.8) is 0 Å². The number of furan rings is 1. The largest absolute Gasteiger partial charge is 0.473 e. The van der Waals surface area contributed by atoms with E-state index in [1.54, 1.807) is 18.7 Å². The molecule has 0 radical (unpaired) electrons. The molecule has 0 bridgehead atoms. The average molecular weight is 187 g/mol. The van der Waals surface area contributed by atoms with E-state index in [1.165, 1.54) is 0 Å². The van der Waals surface area contributed by atoms with Gasteiger partial charge in [0.15, 0.2) is 5.58 Å². The summed E-state index contributed by atoms with van der Waals surface area (Å²) in [4.78, 5) is 0. The maximum atomic E-state index is 4.87. The summed E-state index contributed by atoms with van der Waals surface area (Å²) in [5.41, 5.74) is 0.845. The second-order valence-corrected chi connectivity index (χ2v) is 2.66. The highest BCUT2D eigenvalue weighted by Crippen LogP contribution is 2.10. The van der Waals surface area contributed by atoms with Crippen LogP contribution in [0.4, 0.5) is 0 Å². The summed E-state index contributed by atoms with van der Waals surface area (Å²) < 4.78 is 9.45. The number of rotatable bonds is 0. The van der Waals surface area contributed by atoms with Crippen molar-refractivity contribution >= 4 is 11.0 Å². The Labute approximate surface area is 80.9 Å². The third kappa shape index (κ3) is 2.01. The van der Waals surface area contributed by atoms with Gasteiger partial charge in [0, 0.05) is 5.39 Å². The SMILES string of the molecule is c1ccc2oncc2c1.c1ccoc1. The summed E-state index contributed by atoms with van der Waals surface area (Å²) in [6.07, 6.45) is 4.95. The van der Waals surface area contributed by atoms with Crippen LogP contribution in [0.5, 0.6) is 0 Å². The molecule has 1 aromatic carbocycles. The van der Waals surface area contributed by atoms with Crippen LogP contribution < -0.4 is 0 Å². The van der Waals surface area contributed by atoms with Crippen LogP contribution in [0.15, 0.2) is 64.1 Å². The number of para-hydroxylation sites is 1. The van der Waals surface area contributed by atoms with E-state index < -0.39 is 0 Å². The Balaban J connectivity index is 0.000000128. The van der Waals surface area contributed by atoms with Gasteiger partial charge in [-0.15, -0.1) is 0 Å². The van der Waals surface area contributed by atoms with E-state index in [0.717, 1.165) is 11.0 Å². The van der Waals surface area contributed by atoms with Crippen LogP contribution in [0.1, 0.15) is 0 Å². The molecule has 3 rings (SSSR count). The minimum Gasteiger partial charge on any atom is -0.473 e. The lowest BCUT2D eigenvalue weighted by molar-refractivity contribution is 0.456. The Bertz CT molecular complexity index is 423. The van der Waals surface area contributed by atoms with Crippen LogP contribution in [0.2, 0.25) is 0 Å². The molecule has 0 aliphatic heterocycles. The first-order chi connectivity index (χ1) is 6.97. The molecule has 0 N–H and O–H groups in total. The smallest absolute Gasteiger partial charge is 0.166 e. The first-order valence-electron chi connectivity index (χ1n) is 4.23. The van der Waals surface area contributed by atoms with Crippen molar-refractivity contribution in [1.29, 1.82) is 0 Å². The summed E-state index contributed by atoms with van der Waals surface area (Å²) in [6.45, 7) is 0. The van der Waals surface area contributed by atoms with E-state index in [4.69, 9.17) is 4.52 Å². The lowest BCUT2D eigenvalue weighted by Gasteiger charge is -1.78. The fraction of sp³-hybridized carbons (Fsp3) is 0. The van der Waals surface area contributed by atoms with Crippen LogP contribution in [0.3, 0.4) is 0 Å². The summed E-state index contributed by atoms with van der Waals surface area (Å²) >= 11 is 0. The van der Waals surface area contributed by atoms with Crippen molar-refractivity contribution in [2.24, 2.45) is 0 Å². The van der Waals surface area contributed by atoms with E-state index in [1.807, 2.05) is 36.4 Å². The van der Waals surface area contributed by atoms with E-state index in [2.05, 4.69) is 9.57 Å². The Morgan fingerprint density at radius 1 is 0.929 bits per heavy atom. The maximum Gasteiger partial charge on any atom is 0.166 e. The topological polar surface area (TPSA) is 39.2 Å². The standard InChI is InChI=1S/C7H5NO.C4H4O/c1-2-4-7-6(3-1)5-8-9-7;1-2-4-5-3-1/h1-5H;1-4H. The van der Waals surface area contributed by atoms with Crippen molar-refractivity contribution in [3.8, 4) is 0 Å². The second kappa shape index (κ2) is 4.28. The van der Waals surface area contributed by atoms with Gasteiger partial charge in [-0.3, -0.25) is 0 Å². The average Bonchev–Trinajstić information content (AvgIpc) is 2.92. The van der Waals surface area contributed by atoms with Gasteiger partial charge in [-0.05, 0) is 24.3 Å². The zero-order valence-corrected chi connectivity index (χ0v) is 7.46. The van der Waals surface area contributed by atoms with Crippen molar-refractivity contribution in [2.45, 2.75) is 0 Å². The number of fused-ring (bicyclic) bond motifs is 1. The summed E-state index contributed by atoms with van der Waals surface area (Å²) in [5.74, 6) is 0. The van der Waals surface area contributed by atoms with Crippen LogP contribution in [-0.4, -0.2) is 5.16 Å². The molecule has 3 nitrogen and oxygen atoms in total. The number of hydrogen-bond acceptors (Lipinski definition) is 3. The number of benzene rings is 1. The Kier molecular flexibility index (Phi) is 2.62. The van der Waals surface area contributed by atoms with Gasteiger partial charge >= 0.3 is 0 Å². The Morgan fingerprint density at radius 2 is 1.71 bits per heavy atom. The van der Waals surface area contributed by atoms with Gasteiger partial charge < -0.3 is 8.94 Å². The normalized spacial score (nSPS) is 9.43. The van der Waals surface area contributed by atoms with Gasteiger partial charge in [-0.1, -0.05) is 17.3 Å². The van der Waals surface area contributed by atoms with Crippen LogP contribution in [-0.2, 0) is 0 Å². The van der Waals surface area contributed by atoms with Gasteiger partial charge in [0.2, 0.25) is 0 Å². The van der Waals surface area contributed by atoms with Gasteiger partial charge in [0.1, 0.15) is 0 Å². The van der Waals surface area contributed by atoms with Gasteiger partial charge in [0.05, 0.1) is 18.7 Å². The predicted octanol–water partition coefficient (Wildman–Crippen LogP) is 3.11. The lowest BCUT2D eigenvalue weighted by atomic mass is 10.3. The number of hydrogen-bond donors (Lipinski definition) is 0. The molecule has 0 unspecified atom stereocenters. The van der Waals surface area contributed by atoms with Crippen molar-refractivity contribution in [1.82, 2.24) is 5.16 Å². The molecular formula is C11H9NO2. The molecule has 3 aromatic rings. The molecule has 2 aromatic heterocycles. The van der Waals surface area contributed by atoms with E-state index >= 15 is 0 Å². The lowest BCUT2D eigenvalue weighted by Crippen LogP contribution is -1.57. The third-order valence-corrected chi connectivity index (χ3v) is 1.69. The summed E-state index contributed by atoms with van der Waals surface area (Å²) in [7, 11) is 0. The van der Waals surface area contributed by atoms with Crippen molar-refractivity contribution in [2.75, 3.05) is 0 Å². The quantitative estimate of drug-likeness (QED) is 0.542. The molecule has 14 heavy (non-hydrogen) atoms. The predicted molar refractivity (Wildman–Crippen MR) is 52.7 cm³/mol. The first-order valence-corrected chi connectivity index (χ1v) is 4.23. The van der Waals surface area contributed by atoms with Crippen LogP contribution in [0.25, 0.3) is 11.0 Å². The fourth-order valence-corrected chi connectivity index (χ4v) is 1.04. The molecule has 0 saturated heterocycles. The van der Waals surface area contributed by atoms with Gasteiger partial charge in [0.25, 0.3) is 0 Å². The molecule has 3 heteroatoms. The Morgan fingerprint density at radius 3 is 2.36 bits per heavy atom. The molecule has 0 aliphatic rings. The molecule has 0 fully saturated rings. The molecule has 0 saturated carbocycles. The highest BCUT2D eigenvalue weighted by molar-refractivity contribution is 5.75. The number of nitrogens with zero attached hydrogens (tertiary/aromatic N) is 1. The van der Waals surface area contributed by atoms with E-state index in [-0.39, 0.29) is 0 Å². The molecule has 0 spiro atoms. The zero-order valence-electron chi connectivity index (χ0n) is 7.46. The molecule has 0 atom stereocenters. The van der Waals surface area contributed by atoms with Gasteiger partial charge in [-0.2, -0.15) is 0 Å². The van der Waals surface area contributed by atoms with Crippen molar-refractivity contribution < 1.29 is 8.94 Å². The zero-order chi connectivity index (χ0) is 9.64. The van der Waals surface area contributed by atoms with Crippen LogP contribution >= 0.6 is 0 Å². The maximum absolute atomic E-state index is 4.87. The highest BCUT2D eigenvalue weighted by atomic mass is 16.5. The molecule has 0 amide bonds. The van der Waals surface area contributed by atoms with Crippen molar-refractivity contribution in [3.05, 3.63) is 55.1 Å². The first kappa shape index (κ1) is 8.56. The highest BCUT2D eigenvalue weighted by Gasteiger charge is 1.91. The van der Waals surface area contributed by atoms with E-state index in [0.29, 0.717) is 0 Å². The minimum absolute atomic E-state index is 0.845. The fourth-order valence-electron chi connectivity index (χ4n) is 1.04. The monoisotopic (exact) mass is 187 g/mol. The Hall–Kier alpha value is -2.03. The molecule has 2 heterocycles. The second-order valence-electron chi connectivity index (χ2n) is 2.66. The minimum atomic E-state index is 0.845. The summed E-state index contributed by atoms with van der Waals surface area (Å²) in [6, 6.07) is 11.4. The molecule has 70 valence electrons. The molecular weight excluding hydrogens is 178 g/mol. The third-order valence-electron chi connectivity index (χ3n) is 1.69. The summed E-state index contributed by atoms with van der Waals surface area (Å²) in [5, 5.41) is 4.68.